The van der Waals surface area contributed by atoms with Gasteiger partial charge in [-0.05, 0) is 25.1 Å². The molecule has 2 rings (SSSR count). The lowest BCUT2D eigenvalue weighted by Gasteiger charge is -2.22. The molecule has 0 unspecified atom stereocenters. The van der Waals surface area contributed by atoms with Crippen LogP contribution in [-0.4, -0.2) is 25.1 Å². The van der Waals surface area contributed by atoms with E-state index in [1.165, 1.54) is 30.3 Å². The van der Waals surface area contributed by atoms with Gasteiger partial charge < -0.3 is 10.2 Å². The van der Waals surface area contributed by atoms with Crippen molar-refractivity contribution in [2.24, 2.45) is 0 Å². The molecular formula is C18H27N3. The van der Waals surface area contributed by atoms with Crippen LogP contribution in [-0.2, 0) is 6.54 Å². The fourth-order valence-electron chi connectivity index (χ4n) is 2.59. The first kappa shape index (κ1) is 15.8. The minimum Gasteiger partial charge on any atom is -0.374 e. The zero-order valence-electron chi connectivity index (χ0n) is 13.5. The van der Waals surface area contributed by atoms with Gasteiger partial charge in [0.05, 0.1) is 11.2 Å². The predicted octanol–water partition coefficient (Wildman–Crippen LogP) is 3.97. The van der Waals surface area contributed by atoms with E-state index in [0.29, 0.717) is 0 Å². The van der Waals surface area contributed by atoms with Gasteiger partial charge in [-0.15, -0.1) is 0 Å². The van der Waals surface area contributed by atoms with Crippen LogP contribution in [0.3, 0.4) is 0 Å². The second-order valence-corrected chi connectivity index (χ2v) is 5.56. The molecule has 21 heavy (non-hydrogen) atoms. The average molecular weight is 285 g/mol. The van der Waals surface area contributed by atoms with Crippen molar-refractivity contribution in [1.82, 2.24) is 10.3 Å². The summed E-state index contributed by atoms with van der Waals surface area (Å²) in [5, 5.41) is 4.61. The number of para-hydroxylation sites is 1. The molecule has 1 aromatic carbocycles. The Balaban J connectivity index is 2.29. The Morgan fingerprint density at radius 2 is 1.95 bits per heavy atom. The number of nitrogens with zero attached hydrogens (tertiary/aromatic N) is 2. The number of aromatic nitrogens is 1. The summed E-state index contributed by atoms with van der Waals surface area (Å²) in [7, 11) is 2.19. The van der Waals surface area contributed by atoms with Crippen LogP contribution >= 0.6 is 0 Å². The van der Waals surface area contributed by atoms with Gasteiger partial charge in [0.2, 0.25) is 0 Å². The van der Waals surface area contributed by atoms with E-state index >= 15 is 0 Å². The van der Waals surface area contributed by atoms with Gasteiger partial charge in [-0.2, -0.15) is 0 Å². The lowest BCUT2D eigenvalue weighted by atomic mass is 10.1. The van der Waals surface area contributed by atoms with E-state index in [-0.39, 0.29) is 0 Å². The van der Waals surface area contributed by atoms with E-state index in [0.717, 1.165) is 30.8 Å². The molecule has 3 nitrogen and oxygen atoms in total. The van der Waals surface area contributed by atoms with E-state index in [4.69, 9.17) is 4.98 Å². The van der Waals surface area contributed by atoms with Crippen molar-refractivity contribution in [3.05, 3.63) is 36.0 Å². The van der Waals surface area contributed by atoms with Gasteiger partial charge in [0.1, 0.15) is 0 Å². The highest BCUT2D eigenvalue weighted by molar-refractivity contribution is 5.91. The molecule has 0 amide bonds. The van der Waals surface area contributed by atoms with Crippen LogP contribution < -0.4 is 10.2 Å². The number of benzene rings is 1. The summed E-state index contributed by atoms with van der Waals surface area (Å²) in [5.74, 6) is 0. The SMILES string of the molecule is CCCCCN(C)c1cc(CNCC)nc2ccccc12. The maximum Gasteiger partial charge on any atom is 0.0726 e. The van der Waals surface area contributed by atoms with E-state index in [1.54, 1.807) is 0 Å². The summed E-state index contributed by atoms with van der Waals surface area (Å²) in [6.07, 6.45) is 3.79. The van der Waals surface area contributed by atoms with E-state index in [2.05, 4.69) is 61.4 Å². The molecule has 3 heteroatoms. The highest BCUT2D eigenvalue weighted by atomic mass is 15.1. The summed E-state index contributed by atoms with van der Waals surface area (Å²) in [5.41, 5.74) is 3.50. The highest BCUT2D eigenvalue weighted by Crippen LogP contribution is 2.26. The lowest BCUT2D eigenvalue weighted by Crippen LogP contribution is -2.20. The summed E-state index contributed by atoms with van der Waals surface area (Å²) < 4.78 is 0. The zero-order chi connectivity index (χ0) is 15.1. The number of anilines is 1. The minimum absolute atomic E-state index is 0.830. The Morgan fingerprint density at radius 1 is 1.14 bits per heavy atom. The molecule has 0 aliphatic carbocycles. The van der Waals surface area contributed by atoms with Gasteiger partial charge in [-0.1, -0.05) is 44.9 Å². The smallest absolute Gasteiger partial charge is 0.0726 e. The van der Waals surface area contributed by atoms with Crippen LogP contribution in [0.4, 0.5) is 5.69 Å². The van der Waals surface area contributed by atoms with Crippen molar-refractivity contribution >= 4 is 16.6 Å². The molecular weight excluding hydrogens is 258 g/mol. The number of pyridine rings is 1. The van der Waals surface area contributed by atoms with Crippen LogP contribution in [0, 0.1) is 0 Å². The third kappa shape index (κ3) is 4.18. The number of rotatable bonds is 8. The Labute approximate surface area is 128 Å². The standard InChI is InChI=1S/C18H27N3/c1-4-6-9-12-21(3)18-13-15(14-19-5-2)20-17-11-8-7-10-16(17)18/h7-8,10-11,13,19H,4-6,9,12,14H2,1-3H3. The fraction of sp³-hybridized carbons (Fsp3) is 0.500. The molecule has 0 fully saturated rings. The number of unbranched alkanes of at least 4 members (excludes halogenated alkanes) is 2. The molecule has 2 aromatic rings. The number of hydrogen-bond acceptors (Lipinski definition) is 3. The normalized spacial score (nSPS) is 11.0. The molecule has 1 aromatic heterocycles. The van der Waals surface area contributed by atoms with Crippen molar-refractivity contribution in [1.29, 1.82) is 0 Å². The second kappa shape index (κ2) is 7.99. The van der Waals surface area contributed by atoms with Crippen molar-refractivity contribution in [2.45, 2.75) is 39.7 Å². The van der Waals surface area contributed by atoms with Crippen molar-refractivity contribution in [3.63, 3.8) is 0 Å². The largest absolute Gasteiger partial charge is 0.374 e. The first-order valence-electron chi connectivity index (χ1n) is 8.06. The van der Waals surface area contributed by atoms with Crippen molar-refractivity contribution < 1.29 is 0 Å². The highest BCUT2D eigenvalue weighted by Gasteiger charge is 2.09. The van der Waals surface area contributed by atoms with Gasteiger partial charge in [0, 0.05) is 31.2 Å². The van der Waals surface area contributed by atoms with Gasteiger partial charge in [0.25, 0.3) is 0 Å². The van der Waals surface area contributed by atoms with Crippen LogP contribution in [0.2, 0.25) is 0 Å². The van der Waals surface area contributed by atoms with E-state index in [9.17, 15) is 0 Å². The maximum atomic E-state index is 4.76. The molecule has 0 radical (unpaired) electrons. The number of fused-ring (bicyclic) bond motifs is 1. The number of nitrogens with one attached hydrogen (secondary N) is 1. The van der Waals surface area contributed by atoms with Crippen molar-refractivity contribution in [2.75, 3.05) is 25.0 Å². The minimum atomic E-state index is 0.830. The number of hydrogen-bond donors (Lipinski definition) is 1. The van der Waals surface area contributed by atoms with Crippen LogP contribution in [0.25, 0.3) is 10.9 Å². The summed E-state index contributed by atoms with van der Waals surface area (Å²) >= 11 is 0. The lowest BCUT2D eigenvalue weighted by molar-refractivity contribution is 0.701. The first-order valence-corrected chi connectivity index (χ1v) is 8.06. The third-order valence-electron chi connectivity index (χ3n) is 3.81. The van der Waals surface area contributed by atoms with E-state index < -0.39 is 0 Å². The average Bonchev–Trinajstić information content (AvgIpc) is 2.52. The topological polar surface area (TPSA) is 28.2 Å². The summed E-state index contributed by atoms with van der Waals surface area (Å²) in [6.45, 7) is 7.27. The van der Waals surface area contributed by atoms with Crippen LogP contribution in [0.15, 0.2) is 30.3 Å². The van der Waals surface area contributed by atoms with Gasteiger partial charge in [0.15, 0.2) is 0 Å². The molecule has 0 bridgehead atoms. The summed E-state index contributed by atoms with van der Waals surface area (Å²) in [6, 6.07) is 10.7. The third-order valence-corrected chi connectivity index (χ3v) is 3.81. The Morgan fingerprint density at radius 3 is 2.71 bits per heavy atom. The molecule has 1 heterocycles. The van der Waals surface area contributed by atoms with Gasteiger partial charge in [-0.3, -0.25) is 4.98 Å². The van der Waals surface area contributed by atoms with Crippen LogP contribution in [0.1, 0.15) is 38.8 Å². The molecule has 0 saturated heterocycles. The van der Waals surface area contributed by atoms with Gasteiger partial charge in [-0.25, -0.2) is 0 Å². The quantitative estimate of drug-likeness (QED) is 0.744. The zero-order valence-corrected chi connectivity index (χ0v) is 13.5. The van der Waals surface area contributed by atoms with Crippen LogP contribution in [0.5, 0.6) is 0 Å². The Kier molecular flexibility index (Phi) is 6.00. The Hall–Kier alpha value is -1.61. The summed E-state index contributed by atoms with van der Waals surface area (Å²) in [4.78, 5) is 7.13. The second-order valence-electron chi connectivity index (χ2n) is 5.56. The fourth-order valence-corrected chi connectivity index (χ4v) is 2.59. The predicted molar refractivity (Wildman–Crippen MR) is 91.9 cm³/mol. The first-order chi connectivity index (χ1) is 10.3. The Bertz CT molecular complexity index is 565. The van der Waals surface area contributed by atoms with Crippen molar-refractivity contribution in [3.8, 4) is 0 Å². The molecule has 0 saturated carbocycles. The molecule has 1 N–H and O–H groups in total. The molecule has 0 aliphatic rings. The maximum absolute atomic E-state index is 4.76. The van der Waals surface area contributed by atoms with Gasteiger partial charge >= 0.3 is 0 Å². The molecule has 0 atom stereocenters. The monoisotopic (exact) mass is 285 g/mol. The van der Waals surface area contributed by atoms with E-state index in [1.807, 2.05) is 0 Å². The molecule has 0 aliphatic heterocycles. The molecule has 114 valence electrons. The molecule has 0 spiro atoms.